The summed E-state index contributed by atoms with van der Waals surface area (Å²) in [6, 6.07) is 9.14. The van der Waals surface area contributed by atoms with Crippen LogP contribution >= 0.6 is 24.6 Å². The van der Waals surface area contributed by atoms with Gasteiger partial charge in [-0.05, 0) is 30.5 Å². The summed E-state index contributed by atoms with van der Waals surface area (Å²) in [5.41, 5.74) is 0.712. The molecule has 0 heterocycles. The average Bonchev–Trinajstić information content (AvgIpc) is 2.36. The minimum absolute atomic E-state index is 0.266. The summed E-state index contributed by atoms with van der Waals surface area (Å²) in [5, 5.41) is 11.1. The van der Waals surface area contributed by atoms with E-state index in [0.29, 0.717) is 12.2 Å². The Labute approximate surface area is 111 Å². The molecular weight excluding hydrogens is 254 g/mol. The second-order valence-electron chi connectivity index (χ2n) is 3.19. The highest BCUT2D eigenvalue weighted by molar-refractivity contribution is 7.98. The van der Waals surface area contributed by atoms with Gasteiger partial charge in [-0.3, -0.25) is 4.31 Å². The number of rotatable bonds is 4. The van der Waals surface area contributed by atoms with E-state index < -0.39 is 0 Å². The van der Waals surface area contributed by atoms with Crippen LogP contribution in [0.2, 0.25) is 0 Å². The van der Waals surface area contributed by atoms with Gasteiger partial charge in [0, 0.05) is 17.1 Å². The lowest BCUT2D eigenvalue weighted by Crippen LogP contribution is -2.27. The van der Waals surface area contributed by atoms with Crippen LogP contribution in [-0.4, -0.2) is 23.1 Å². The molecule has 0 bridgehead atoms. The zero-order chi connectivity index (χ0) is 12.7. The van der Waals surface area contributed by atoms with Crippen LogP contribution in [0.25, 0.3) is 0 Å². The number of thioether (sulfide) groups is 1. The highest BCUT2D eigenvalue weighted by Crippen LogP contribution is 2.17. The lowest BCUT2D eigenvalue weighted by molar-refractivity contribution is 0.239. The predicted molar refractivity (Wildman–Crippen MR) is 73.2 cm³/mol. The normalized spacial score (nSPS) is 9.47. The Balaban J connectivity index is 2.52. The van der Waals surface area contributed by atoms with Gasteiger partial charge in [0.2, 0.25) is 0 Å². The van der Waals surface area contributed by atoms with E-state index in [-0.39, 0.29) is 12.5 Å². The van der Waals surface area contributed by atoms with E-state index in [9.17, 15) is 4.79 Å². The van der Waals surface area contributed by atoms with Crippen LogP contribution in [0.3, 0.4) is 0 Å². The summed E-state index contributed by atoms with van der Waals surface area (Å²) in [5.74, 6) is 0. The van der Waals surface area contributed by atoms with Gasteiger partial charge in [0.05, 0.1) is 12.5 Å². The molecule has 0 saturated carbocycles. The van der Waals surface area contributed by atoms with Gasteiger partial charge in [0.25, 0.3) is 0 Å². The summed E-state index contributed by atoms with van der Waals surface area (Å²) < 4.78 is 1.19. The lowest BCUT2D eigenvalue weighted by Gasteiger charge is -2.14. The van der Waals surface area contributed by atoms with Gasteiger partial charge in [-0.2, -0.15) is 5.26 Å². The summed E-state index contributed by atoms with van der Waals surface area (Å²) >= 11 is 5.63. The van der Waals surface area contributed by atoms with Gasteiger partial charge in [-0.15, -0.1) is 11.8 Å². The van der Waals surface area contributed by atoms with Crippen molar-refractivity contribution in [2.24, 2.45) is 0 Å². The van der Waals surface area contributed by atoms with Crippen molar-refractivity contribution in [1.82, 2.24) is 4.31 Å². The van der Waals surface area contributed by atoms with Gasteiger partial charge < -0.3 is 5.32 Å². The Bertz CT molecular complexity index is 414. The van der Waals surface area contributed by atoms with E-state index in [1.165, 1.54) is 4.31 Å². The number of carbonyl (C=O) groups excluding carboxylic acids is 1. The van der Waals surface area contributed by atoms with Gasteiger partial charge in [0.15, 0.2) is 0 Å². The SMILES string of the molecule is CSc1ccc(NC(=O)N(S)CCC#N)cc1. The first kappa shape index (κ1) is 13.7. The summed E-state index contributed by atoms with van der Waals surface area (Å²) in [6.45, 7) is 0.300. The van der Waals surface area contributed by atoms with Crippen molar-refractivity contribution < 1.29 is 4.79 Å². The van der Waals surface area contributed by atoms with Gasteiger partial charge in [0.1, 0.15) is 0 Å². The second kappa shape index (κ2) is 7.09. The standard InChI is InChI=1S/C11H13N3OS2/c1-17-10-5-3-9(4-6-10)13-11(15)14(16)8-2-7-12/h3-6,16H,2,8H2,1H3,(H,13,15). The van der Waals surface area contributed by atoms with Crippen molar-refractivity contribution in [3.8, 4) is 6.07 Å². The van der Waals surface area contributed by atoms with Crippen LogP contribution in [0.1, 0.15) is 6.42 Å². The van der Waals surface area contributed by atoms with Crippen molar-refractivity contribution in [2.75, 3.05) is 18.1 Å². The Morgan fingerprint density at radius 1 is 1.53 bits per heavy atom. The third-order valence-electron chi connectivity index (χ3n) is 2.01. The van der Waals surface area contributed by atoms with Crippen LogP contribution in [0, 0.1) is 11.3 Å². The molecule has 0 aliphatic rings. The molecule has 0 atom stereocenters. The molecule has 1 aromatic rings. The van der Waals surface area contributed by atoms with Crippen molar-refractivity contribution in [3.63, 3.8) is 0 Å². The highest BCUT2D eigenvalue weighted by atomic mass is 32.2. The molecule has 4 nitrogen and oxygen atoms in total. The number of anilines is 1. The zero-order valence-corrected chi connectivity index (χ0v) is 11.1. The van der Waals surface area contributed by atoms with Gasteiger partial charge in [-0.25, -0.2) is 4.79 Å². The molecule has 0 aliphatic carbocycles. The number of carbonyl (C=O) groups is 1. The number of benzene rings is 1. The number of hydrogen-bond donors (Lipinski definition) is 2. The molecule has 0 saturated heterocycles. The largest absolute Gasteiger partial charge is 0.331 e. The first-order valence-electron chi connectivity index (χ1n) is 4.95. The first-order valence-corrected chi connectivity index (χ1v) is 6.58. The van der Waals surface area contributed by atoms with Crippen LogP contribution in [0.5, 0.6) is 0 Å². The van der Waals surface area contributed by atoms with Crippen LogP contribution in [0.4, 0.5) is 10.5 Å². The smallest absolute Gasteiger partial charge is 0.307 e. The maximum Gasteiger partial charge on any atom is 0.331 e. The Hall–Kier alpha value is -1.32. The minimum atomic E-state index is -0.333. The molecule has 0 spiro atoms. The molecular formula is C11H13N3OS2. The fourth-order valence-electron chi connectivity index (χ4n) is 1.12. The van der Waals surface area contributed by atoms with Crippen molar-refractivity contribution in [3.05, 3.63) is 24.3 Å². The van der Waals surface area contributed by atoms with Crippen molar-refractivity contribution in [2.45, 2.75) is 11.3 Å². The van der Waals surface area contributed by atoms with E-state index in [0.717, 1.165) is 4.90 Å². The van der Waals surface area contributed by atoms with Crippen LogP contribution in [-0.2, 0) is 0 Å². The first-order chi connectivity index (χ1) is 8.17. The Morgan fingerprint density at radius 3 is 2.71 bits per heavy atom. The fourth-order valence-corrected chi connectivity index (χ4v) is 1.68. The molecule has 1 N–H and O–H groups in total. The number of amides is 2. The maximum absolute atomic E-state index is 11.6. The third-order valence-corrected chi connectivity index (χ3v) is 3.14. The third kappa shape index (κ3) is 4.59. The zero-order valence-electron chi connectivity index (χ0n) is 9.38. The predicted octanol–water partition coefficient (Wildman–Crippen LogP) is 3.00. The fraction of sp³-hybridized carbons (Fsp3) is 0.273. The molecule has 0 fully saturated rings. The summed E-state index contributed by atoms with van der Waals surface area (Å²) in [7, 11) is 0. The summed E-state index contributed by atoms with van der Waals surface area (Å²) in [4.78, 5) is 12.7. The van der Waals surface area contributed by atoms with Crippen LogP contribution < -0.4 is 5.32 Å². The lowest BCUT2D eigenvalue weighted by atomic mass is 10.3. The molecule has 0 radical (unpaired) electrons. The van der Waals surface area contributed by atoms with E-state index in [2.05, 4.69) is 18.1 Å². The topological polar surface area (TPSA) is 56.1 Å². The number of thiol groups is 1. The minimum Gasteiger partial charge on any atom is -0.307 e. The van der Waals surface area contributed by atoms with Crippen molar-refractivity contribution in [1.29, 1.82) is 5.26 Å². The Kier molecular flexibility index (Phi) is 5.73. The molecule has 0 aromatic heterocycles. The molecule has 0 unspecified atom stereocenters. The molecule has 6 heteroatoms. The average molecular weight is 267 g/mol. The number of urea groups is 1. The van der Waals surface area contributed by atoms with E-state index in [1.807, 2.05) is 36.6 Å². The number of nitrogens with one attached hydrogen (secondary N) is 1. The number of hydrogen-bond acceptors (Lipinski definition) is 4. The molecule has 1 rings (SSSR count). The molecule has 90 valence electrons. The van der Waals surface area contributed by atoms with E-state index in [4.69, 9.17) is 5.26 Å². The quantitative estimate of drug-likeness (QED) is 0.651. The molecule has 1 aromatic carbocycles. The number of nitriles is 1. The molecule has 0 aliphatic heterocycles. The molecule has 2 amide bonds. The summed E-state index contributed by atoms with van der Waals surface area (Å²) in [6.07, 6.45) is 2.26. The second-order valence-corrected chi connectivity index (χ2v) is 4.55. The molecule has 17 heavy (non-hydrogen) atoms. The van der Waals surface area contributed by atoms with Gasteiger partial charge >= 0.3 is 6.03 Å². The van der Waals surface area contributed by atoms with E-state index in [1.54, 1.807) is 11.8 Å². The van der Waals surface area contributed by atoms with E-state index >= 15 is 0 Å². The monoisotopic (exact) mass is 267 g/mol. The highest BCUT2D eigenvalue weighted by Gasteiger charge is 2.08. The van der Waals surface area contributed by atoms with Crippen molar-refractivity contribution >= 4 is 36.3 Å². The Morgan fingerprint density at radius 2 is 2.18 bits per heavy atom. The van der Waals surface area contributed by atoms with Gasteiger partial charge in [-0.1, -0.05) is 12.8 Å². The van der Waals surface area contributed by atoms with Crippen LogP contribution in [0.15, 0.2) is 29.2 Å². The maximum atomic E-state index is 11.6. The number of nitrogens with zero attached hydrogens (tertiary/aromatic N) is 2.